The molecular weight excluding hydrogens is 366 g/mol. The number of aryl methyl sites for hydroxylation is 2. The van der Waals surface area contributed by atoms with Crippen molar-refractivity contribution < 1.29 is 14.3 Å². The number of piperidine rings is 1. The van der Waals surface area contributed by atoms with Gasteiger partial charge in [-0.15, -0.1) is 0 Å². The molecule has 1 saturated heterocycles. The van der Waals surface area contributed by atoms with Crippen molar-refractivity contribution in [3.05, 3.63) is 53.2 Å². The molecule has 1 aliphatic heterocycles. The summed E-state index contributed by atoms with van der Waals surface area (Å²) in [6, 6.07) is 11.4. The molecule has 154 valence electrons. The maximum Gasteiger partial charge on any atom is 0.230 e. The minimum Gasteiger partial charge on any atom is -0.493 e. The van der Waals surface area contributed by atoms with Crippen LogP contribution in [0.1, 0.15) is 36.1 Å². The van der Waals surface area contributed by atoms with Crippen LogP contribution in [-0.4, -0.2) is 41.4 Å². The van der Waals surface area contributed by atoms with E-state index in [9.17, 15) is 9.59 Å². The second-order valence-electron chi connectivity index (χ2n) is 7.63. The first-order valence-electron chi connectivity index (χ1n) is 10.2. The second-order valence-corrected chi connectivity index (χ2v) is 7.63. The Morgan fingerprint density at radius 3 is 2.76 bits per heavy atom. The normalized spacial score (nSPS) is 16.4. The fourth-order valence-electron chi connectivity index (χ4n) is 3.55. The van der Waals surface area contributed by atoms with Gasteiger partial charge in [0.15, 0.2) is 0 Å². The second kappa shape index (κ2) is 9.54. The van der Waals surface area contributed by atoms with Gasteiger partial charge in [-0.25, -0.2) is 4.98 Å². The van der Waals surface area contributed by atoms with Crippen molar-refractivity contribution in [2.24, 2.45) is 5.92 Å². The zero-order valence-electron chi connectivity index (χ0n) is 17.4. The first kappa shape index (κ1) is 20.8. The van der Waals surface area contributed by atoms with Crippen molar-refractivity contribution in [2.75, 3.05) is 25.0 Å². The summed E-state index contributed by atoms with van der Waals surface area (Å²) in [5.41, 5.74) is 3.12. The number of hydrogen-bond acceptors (Lipinski definition) is 4. The molecule has 1 unspecified atom stereocenters. The zero-order chi connectivity index (χ0) is 20.8. The van der Waals surface area contributed by atoms with Crippen LogP contribution >= 0.6 is 0 Å². The summed E-state index contributed by atoms with van der Waals surface area (Å²) < 4.78 is 5.81. The average molecular weight is 396 g/mol. The van der Waals surface area contributed by atoms with Gasteiger partial charge in [0.05, 0.1) is 18.9 Å². The largest absolute Gasteiger partial charge is 0.493 e. The fourth-order valence-corrected chi connectivity index (χ4v) is 3.55. The molecule has 0 saturated carbocycles. The Hall–Kier alpha value is -2.89. The standard InChI is InChI=1S/C23H29N3O3/c1-16-7-4-10-20(18(16)3)29-14-12-22(27)26-13-6-9-19(15-26)23(28)25-21-11-5-8-17(2)24-21/h4-5,7-8,10-11,19H,6,9,12-15H2,1-3H3,(H,24,25,28). The molecule has 29 heavy (non-hydrogen) atoms. The van der Waals surface area contributed by atoms with E-state index in [4.69, 9.17) is 4.74 Å². The van der Waals surface area contributed by atoms with Gasteiger partial charge >= 0.3 is 0 Å². The molecule has 2 heterocycles. The third-order valence-corrected chi connectivity index (χ3v) is 5.41. The Bertz CT molecular complexity index is 881. The highest BCUT2D eigenvalue weighted by Gasteiger charge is 2.28. The highest BCUT2D eigenvalue weighted by molar-refractivity contribution is 5.92. The van der Waals surface area contributed by atoms with Crippen LogP contribution < -0.4 is 10.1 Å². The molecule has 0 bridgehead atoms. The summed E-state index contributed by atoms with van der Waals surface area (Å²) in [7, 11) is 0. The summed E-state index contributed by atoms with van der Waals surface area (Å²) in [5.74, 6) is 1.11. The third-order valence-electron chi connectivity index (χ3n) is 5.41. The van der Waals surface area contributed by atoms with Crippen LogP contribution in [0.15, 0.2) is 36.4 Å². The number of nitrogens with one attached hydrogen (secondary N) is 1. The van der Waals surface area contributed by atoms with Gasteiger partial charge in [0.2, 0.25) is 11.8 Å². The highest BCUT2D eigenvalue weighted by atomic mass is 16.5. The number of aromatic nitrogens is 1. The number of nitrogens with zero attached hydrogens (tertiary/aromatic N) is 2. The van der Waals surface area contributed by atoms with Gasteiger partial charge in [0.1, 0.15) is 11.6 Å². The summed E-state index contributed by atoms with van der Waals surface area (Å²) in [4.78, 5) is 31.3. The number of likely N-dealkylation sites (tertiary alicyclic amines) is 1. The molecule has 1 fully saturated rings. The van der Waals surface area contributed by atoms with Crippen molar-refractivity contribution in [3.8, 4) is 5.75 Å². The van der Waals surface area contributed by atoms with Gasteiger partial charge in [-0.1, -0.05) is 18.2 Å². The lowest BCUT2D eigenvalue weighted by molar-refractivity contribution is -0.135. The van der Waals surface area contributed by atoms with E-state index in [1.807, 2.05) is 51.1 Å². The summed E-state index contributed by atoms with van der Waals surface area (Å²) in [5, 5.41) is 2.88. The Morgan fingerprint density at radius 1 is 1.17 bits per heavy atom. The molecule has 1 N–H and O–H groups in total. The smallest absolute Gasteiger partial charge is 0.230 e. The van der Waals surface area contributed by atoms with Gasteiger partial charge in [0, 0.05) is 18.8 Å². The van der Waals surface area contributed by atoms with Crippen molar-refractivity contribution >= 4 is 17.6 Å². The van der Waals surface area contributed by atoms with Crippen LogP contribution in [0.5, 0.6) is 5.75 Å². The predicted octanol–water partition coefficient (Wildman–Crippen LogP) is 3.65. The molecule has 6 nitrogen and oxygen atoms in total. The topological polar surface area (TPSA) is 71.5 Å². The van der Waals surface area contributed by atoms with E-state index < -0.39 is 0 Å². The number of carbonyl (C=O) groups is 2. The van der Waals surface area contributed by atoms with Gasteiger partial charge in [-0.2, -0.15) is 0 Å². The summed E-state index contributed by atoms with van der Waals surface area (Å²) in [6.45, 7) is 7.41. The van der Waals surface area contributed by atoms with Gasteiger partial charge in [0.25, 0.3) is 0 Å². The summed E-state index contributed by atoms with van der Waals surface area (Å²) >= 11 is 0. The first-order valence-corrected chi connectivity index (χ1v) is 10.2. The molecule has 2 aromatic rings. The molecule has 0 radical (unpaired) electrons. The predicted molar refractivity (Wildman–Crippen MR) is 113 cm³/mol. The number of amides is 2. The quantitative estimate of drug-likeness (QED) is 0.810. The molecule has 1 aromatic carbocycles. The van der Waals surface area contributed by atoms with Crippen molar-refractivity contribution in [1.29, 1.82) is 0 Å². The van der Waals surface area contributed by atoms with E-state index >= 15 is 0 Å². The van der Waals surface area contributed by atoms with Gasteiger partial charge in [-0.3, -0.25) is 9.59 Å². The fraction of sp³-hybridized carbons (Fsp3) is 0.435. The lowest BCUT2D eigenvalue weighted by Crippen LogP contribution is -2.44. The number of carbonyl (C=O) groups excluding carboxylic acids is 2. The Morgan fingerprint density at radius 2 is 1.97 bits per heavy atom. The number of anilines is 1. The molecule has 0 spiro atoms. The SMILES string of the molecule is Cc1cccc(NC(=O)C2CCCN(C(=O)CCOc3cccc(C)c3C)C2)n1. The number of rotatable bonds is 6. The van der Waals surface area contributed by atoms with Crippen LogP contribution in [0.2, 0.25) is 0 Å². The average Bonchev–Trinajstić information content (AvgIpc) is 2.71. The molecular formula is C23H29N3O3. The highest BCUT2D eigenvalue weighted by Crippen LogP contribution is 2.22. The van der Waals surface area contributed by atoms with Crippen LogP contribution in [0.3, 0.4) is 0 Å². The van der Waals surface area contributed by atoms with Crippen LogP contribution in [0.4, 0.5) is 5.82 Å². The lowest BCUT2D eigenvalue weighted by Gasteiger charge is -2.32. The lowest BCUT2D eigenvalue weighted by atomic mass is 9.97. The van der Waals surface area contributed by atoms with Crippen LogP contribution in [-0.2, 0) is 9.59 Å². The molecule has 1 aliphatic rings. The molecule has 1 aromatic heterocycles. The maximum atomic E-state index is 12.6. The first-order chi connectivity index (χ1) is 13.9. The van der Waals surface area contributed by atoms with Crippen molar-refractivity contribution in [3.63, 3.8) is 0 Å². The number of ether oxygens (including phenoxy) is 1. The maximum absolute atomic E-state index is 12.6. The molecule has 1 atom stereocenters. The van der Waals surface area contributed by atoms with Crippen LogP contribution in [0.25, 0.3) is 0 Å². The molecule has 3 rings (SSSR count). The third kappa shape index (κ3) is 5.56. The molecule has 6 heteroatoms. The van der Waals surface area contributed by atoms with E-state index in [0.717, 1.165) is 29.8 Å². The van der Waals surface area contributed by atoms with Gasteiger partial charge < -0.3 is 15.0 Å². The van der Waals surface area contributed by atoms with Crippen molar-refractivity contribution in [1.82, 2.24) is 9.88 Å². The van der Waals surface area contributed by atoms with Crippen LogP contribution in [0, 0.1) is 26.7 Å². The number of benzene rings is 1. The monoisotopic (exact) mass is 395 g/mol. The molecule has 2 amide bonds. The van der Waals surface area contributed by atoms with E-state index in [0.29, 0.717) is 31.9 Å². The Kier molecular flexibility index (Phi) is 6.86. The van der Waals surface area contributed by atoms with E-state index in [1.165, 1.54) is 5.56 Å². The Balaban J connectivity index is 1.49. The van der Waals surface area contributed by atoms with E-state index in [2.05, 4.69) is 10.3 Å². The number of pyridine rings is 1. The van der Waals surface area contributed by atoms with Gasteiger partial charge in [-0.05, 0) is 62.9 Å². The van der Waals surface area contributed by atoms with E-state index in [1.54, 1.807) is 11.0 Å². The summed E-state index contributed by atoms with van der Waals surface area (Å²) in [6.07, 6.45) is 1.91. The van der Waals surface area contributed by atoms with E-state index in [-0.39, 0.29) is 17.7 Å². The zero-order valence-corrected chi connectivity index (χ0v) is 17.4. The minimum absolute atomic E-state index is 0.0292. The van der Waals surface area contributed by atoms with Crippen molar-refractivity contribution in [2.45, 2.75) is 40.0 Å². The number of hydrogen-bond donors (Lipinski definition) is 1. The minimum atomic E-state index is -0.213. The Labute approximate surface area is 172 Å². The molecule has 0 aliphatic carbocycles.